The highest BCUT2D eigenvalue weighted by molar-refractivity contribution is 4.86. The Kier molecular flexibility index (Phi) is 20.2. The Morgan fingerprint density at radius 2 is 0.857 bits per heavy atom. The van der Waals surface area contributed by atoms with Crippen LogP contribution in [0, 0.1) is 5.41 Å². The van der Waals surface area contributed by atoms with Crippen LogP contribution < -0.4 is 0 Å². The smallest absolute Gasteiger partial charge is 0.0986 e. The van der Waals surface area contributed by atoms with Crippen LogP contribution in [0.1, 0.15) is 163 Å². The van der Waals surface area contributed by atoms with E-state index >= 15 is 0 Å². The van der Waals surface area contributed by atoms with Crippen LogP contribution in [-0.2, 0) is 5.11 Å². The van der Waals surface area contributed by atoms with Crippen LogP contribution in [0.5, 0.6) is 0 Å². The van der Waals surface area contributed by atoms with Crippen molar-refractivity contribution in [2.45, 2.75) is 169 Å². The molecule has 0 aliphatic heterocycles. The van der Waals surface area contributed by atoms with Gasteiger partial charge < -0.3 is 0 Å². The molecule has 0 N–H and O–H groups in total. The van der Waals surface area contributed by atoms with Gasteiger partial charge >= 0.3 is 0 Å². The molecule has 0 spiro atoms. The molecule has 1 radical (unpaired) electrons. The van der Waals surface area contributed by atoms with E-state index in [1.165, 1.54) is 122 Å². The van der Waals surface area contributed by atoms with Gasteiger partial charge in [-0.15, -0.1) is 0 Å². The second-order valence-electron chi connectivity index (χ2n) is 9.49. The Bertz CT molecular complexity index is 283. The quantitative estimate of drug-likeness (QED) is 0.162. The van der Waals surface area contributed by atoms with Gasteiger partial charge in [0.1, 0.15) is 0 Å². The van der Waals surface area contributed by atoms with E-state index in [-0.39, 0.29) is 11.5 Å². The van der Waals surface area contributed by atoms with Crippen molar-refractivity contribution in [3.05, 3.63) is 0 Å². The fourth-order valence-corrected chi connectivity index (χ4v) is 4.93. The lowest BCUT2D eigenvalue weighted by Gasteiger charge is -2.38. The predicted octanol–water partition coefficient (Wildman–Crippen LogP) is 10.0. The van der Waals surface area contributed by atoms with Crippen LogP contribution >= 0.6 is 0 Å². The van der Waals surface area contributed by atoms with Crippen LogP contribution in [-0.4, -0.2) is 6.10 Å². The molecule has 0 bridgehead atoms. The number of rotatable bonds is 22. The number of hydrogen-bond donors (Lipinski definition) is 0. The first-order valence-corrected chi connectivity index (χ1v) is 13.3. The highest BCUT2D eigenvalue weighted by atomic mass is 16.3. The summed E-state index contributed by atoms with van der Waals surface area (Å²) in [7, 11) is 0. The second kappa shape index (κ2) is 20.2. The van der Waals surface area contributed by atoms with E-state index < -0.39 is 0 Å². The van der Waals surface area contributed by atoms with Crippen LogP contribution in [0.2, 0.25) is 0 Å². The van der Waals surface area contributed by atoms with Crippen molar-refractivity contribution in [1.82, 2.24) is 0 Å². The first-order valence-electron chi connectivity index (χ1n) is 13.3. The molecule has 1 unspecified atom stereocenters. The van der Waals surface area contributed by atoms with Gasteiger partial charge in [-0.2, -0.15) is 0 Å². The van der Waals surface area contributed by atoms with Gasteiger partial charge in [0.2, 0.25) is 0 Å². The molecule has 1 nitrogen and oxygen atoms in total. The van der Waals surface area contributed by atoms with E-state index in [1.807, 2.05) is 0 Å². The van der Waals surface area contributed by atoms with E-state index in [0.717, 1.165) is 12.8 Å². The molecule has 0 heterocycles. The fourth-order valence-electron chi connectivity index (χ4n) is 4.93. The first-order chi connectivity index (χ1) is 13.7. The van der Waals surface area contributed by atoms with E-state index in [1.54, 1.807) is 0 Å². The van der Waals surface area contributed by atoms with Crippen molar-refractivity contribution in [1.29, 1.82) is 0 Å². The topological polar surface area (TPSA) is 19.9 Å². The molecule has 1 heteroatoms. The summed E-state index contributed by atoms with van der Waals surface area (Å²) in [4.78, 5) is 0. The molecule has 0 aromatic rings. The van der Waals surface area contributed by atoms with Gasteiger partial charge in [-0.05, 0) is 31.1 Å². The Labute approximate surface area is 179 Å². The molecule has 0 saturated carbocycles. The lowest BCUT2D eigenvalue weighted by Crippen LogP contribution is -2.34. The maximum Gasteiger partial charge on any atom is 0.0986 e. The summed E-state index contributed by atoms with van der Waals surface area (Å²) in [5, 5.41) is 13.4. The minimum Gasteiger partial charge on any atom is -0.233 e. The van der Waals surface area contributed by atoms with E-state index in [2.05, 4.69) is 27.7 Å². The Morgan fingerprint density at radius 1 is 0.464 bits per heavy atom. The van der Waals surface area contributed by atoms with Crippen LogP contribution in [0.4, 0.5) is 0 Å². The average molecular weight is 396 g/mol. The normalized spacial score (nSPS) is 13.2. The monoisotopic (exact) mass is 395 g/mol. The van der Waals surface area contributed by atoms with Gasteiger partial charge in [0.25, 0.3) is 0 Å². The van der Waals surface area contributed by atoms with Crippen molar-refractivity contribution in [3.63, 3.8) is 0 Å². The van der Waals surface area contributed by atoms with Gasteiger partial charge in [0.05, 0.1) is 6.10 Å². The summed E-state index contributed by atoms with van der Waals surface area (Å²) in [5.74, 6) is 0. The summed E-state index contributed by atoms with van der Waals surface area (Å²) in [5.41, 5.74) is 0.0937. The minimum atomic E-state index is -0.324. The molecular formula is C27H55O. The molecule has 0 aliphatic carbocycles. The Hall–Kier alpha value is -0.0400. The summed E-state index contributed by atoms with van der Waals surface area (Å²) in [6, 6.07) is 0. The molecule has 28 heavy (non-hydrogen) atoms. The average Bonchev–Trinajstić information content (AvgIpc) is 2.70. The maximum absolute atomic E-state index is 13.4. The van der Waals surface area contributed by atoms with Crippen LogP contribution in [0.3, 0.4) is 0 Å². The van der Waals surface area contributed by atoms with Crippen LogP contribution in [0.25, 0.3) is 0 Å². The van der Waals surface area contributed by atoms with Gasteiger partial charge in [-0.1, -0.05) is 137 Å². The zero-order valence-corrected chi connectivity index (χ0v) is 20.3. The second-order valence-corrected chi connectivity index (χ2v) is 9.49. The minimum absolute atomic E-state index is 0.0937. The molecule has 0 aromatic heterocycles. The summed E-state index contributed by atoms with van der Waals surface area (Å²) in [6.45, 7) is 9.12. The van der Waals surface area contributed by atoms with Gasteiger partial charge in [0, 0.05) is 0 Å². The number of unbranched alkanes of at least 4 members (excludes halogenated alkanes) is 13. The molecule has 0 amide bonds. The van der Waals surface area contributed by atoms with Crippen molar-refractivity contribution in [3.8, 4) is 0 Å². The third-order valence-corrected chi connectivity index (χ3v) is 6.81. The Balaban J connectivity index is 4.64. The molecule has 1 atom stereocenters. The third kappa shape index (κ3) is 14.0. The molecule has 0 rings (SSSR count). The summed E-state index contributed by atoms with van der Waals surface area (Å²) < 4.78 is 0. The van der Waals surface area contributed by atoms with Gasteiger partial charge in [-0.25, -0.2) is 5.11 Å². The first kappa shape index (κ1) is 28.0. The SMILES string of the molecule is CCCCCCCCC(CCC)(CCCCCCCC)C([O])CCCCCC. The van der Waals surface area contributed by atoms with Crippen molar-refractivity contribution in [2.75, 3.05) is 0 Å². The van der Waals surface area contributed by atoms with Gasteiger partial charge in [-0.3, -0.25) is 0 Å². The van der Waals surface area contributed by atoms with Crippen molar-refractivity contribution in [2.24, 2.45) is 5.41 Å². The number of hydrogen-bond acceptors (Lipinski definition) is 0. The highest BCUT2D eigenvalue weighted by Gasteiger charge is 2.36. The molecule has 169 valence electrons. The zero-order chi connectivity index (χ0) is 20.9. The van der Waals surface area contributed by atoms with E-state index in [9.17, 15) is 5.11 Å². The summed E-state index contributed by atoms with van der Waals surface area (Å²) in [6.07, 6.45) is 26.4. The van der Waals surface area contributed by atoms with E-state index in [0.29, 0.717) is 0 Å². The predicted molar refractivity (Wildman–Crippen MR) is 127 cm³/mol. The van der Waals surface area contributed by atoms with Gasteiger partial charge in [0.15, 0.2) is 0 Å². The lowest BCUT2D eigenvalue weighted by molar-refractivity contribution is -0.0537. The maximum atomic E-state index is 13.4. The zero-order valence-electron chi connectivity index (χ0n) is 20.3. The molecule has 0 saturated heterocycles. The van der Waals surface area contributed by atoms with Crippen molar-refractivity contribution < 1.29 is 5.11 Å². The third-order valence-electron chi connectivity index (χ3n) is 6.81. The summed E-state index contributed by atoms with van der Waals surface area (Å²) >= 11 is 0. The largest absolute Gasteiger partial charge is 0.233 e. The van der Waals surface area contributed by atoms with Crippen molar-refractivity contribution >= 4 is 0 Å². The molecule has 0 aromatic carbocycles. The Morgan fingerprint density at radius 3 is 1.29 bits per heavy atom. The highest BCUT2D eigenvalue weighted by Crippen LogP contribution is 2.42. The molecule has 0 aliphatic rings. The molecule has 0 fully saturated rings. The lowest BCUT2D eigenvalue weighted by atomic mass is 9.69. The fraction of sp³-hybridized carbons (Fsp3) is 1.00. The molecular weight excluding hydrogens is 340 g/mol. The van der Waals surface area contributed by atoms with Crippen LogP contribution in [0.15, 0.2) is 0 Å². The standard InChI is InChI=1S/C27H55O/c1-5-9-12-15-17-20-24-27(23-8-4,25-21-18-16-13-10-6-2)26(28)22-19-14-11-7-3/h26H,5-25H2,1-4H3. The van der Waals surface area contributed by atoms with E-state index in [4.69, 9.17) is 0 Å².